The topological polar surface area (TPSA) is 38.5 Å². The summed E-state index contributed by atoms with van der Waals surface area (Å²) in [5.41, 5.74) is 5.93. The summed E-state index contributed by atoms with van der Waals surface area (Å²) in [6.07, 6.45) is 2.82. The van der Waals surface area contributed by atoms with Crippen molar-refractivity contribution < 1.29 is 4.74 Å². The van der Waals surface area contributed by atoms with Crippen LogP contribution in [0.5, 0.6) is 0 Å². The molecular formula is C12H26N2O. The van der Waals surface area contributed by atoms with Crippen molar-refractivity contribution in [2.45, 2.75) is 45.3 Å². The molecule has 3 atom stereocenters. The Hall–Kier alpha value is -0.120. The fraction of sp³-hybridized carbons (Fsp3) is 1.00. The molecule has 1 aliphatic rings. The van der Waals surface area contributed by atoms with Gasteiger partial charge in [0.25, 0.3) is 0 Å². The molecule has 0 aromatic carbocycles. The van der Waals surface area contributed by atoms with E-state index < -0.39 is 0 Å². The number of nitrogens with zero attached hydrogens (tertiary/aromatic N) is 1. The van der Waals surface area contributed by atoms with Crippen molar-refractivity contribution in [3.8, 4) is 0 Å². The Morgan fingerprint density at radius 3 is 2.73 bits per heavy atom. The summed E-state index contributed by atoms with van der Waals surface area (Å²) in [6.45, 7) is 9.63. The molecule has 0 bridgehead atoms. The lowest BCUT2D eigenvalue weighted by atomic mass is 9.88. The van der Waals surface area contributed by atoms with E-state index in [9.17, 15) is 0 Å². The molecule has 1 rings (SSSR count). The highest BCUT2D eigenvalue weighted by molar-refractivity contribution is 4.94. The molecule has 1 fully saturated rings. The van der Waals surface area contributed by atoms with Gasteiger partial charge in [0.05, 0.1) is 11.6 Å². The summed E-state index contributed by atoms with van der Waals surface area (Å²) in [5.74, 6) is 0.786. The van der Waals surface area contributed by atoms with Gasteiger partial charge in [0.2, 0.25) is 0 Å². The van der Waals surface area contributed by atoms with Crippen molar-refractivity contribution in [3.63, 3.8) is 0 Å². The molecule has 0 aliphatic carbocycles. The van der Waals surface area contributed by atoms with Gasteiger partial charge in [-0.15, -0.1) is 0 Å². The molecule has 0 aromatic heterocycles. The molecule has 0 saturated carbocycles. The quantitative estimate of drug-likeness (QED) is 0.770. The summed E-state index contributed by atoms with van der Waals surface area (Å²) in [7, 11) is 1.77. The van der Waals surface area contributed by atoms with Gasteiger partial charge in [-0.1, -0.05) is 6.92 Å². The van der Waals surface area contributed by atoms with Crippen LogP contribution in [0, 0.1) is 5.92 Å². The molecule has 1 aliphatic heterocycles. The SMILES string of the molecule is COC(C)C(C)(CN)N1CCCC(C)C1. The first-order chi connectivity index (χ1) is 7.04. The van der Waals surface area contributed by atoms with Gasteiger partial charge < -0.3 is 10.5 Å². The third-order valence-electron chi connectivity index (χ3n) is 4.02. The van der Waals surface area contributed by atoms with Gasteiger partial charge in [0, 0.05) is 20.2 Å². The van der Waals surface area contributed by atoms with E-state index in [0.717, 1.165) is 19.0 Å². The van der Waals surface area contributed by atoms with Crippen molar-refractivity contribution in [2.24, 2.45) is 11.7 Å². The summed E-state index contributed by atoms with van der Waals surface area (Å²) in [6, 6.07) is 0. The number of hydrogen-bond acceptors (Lipinski definition) is 3. The van der Waals surface area contributed by atoms with E-state index in [1.165, 1.54) is 12.8 Å². The van der Waals surface area contributed by atoms with Gasteiger partial charge in [-0.2, -0.15) is 0 Å². The second-order valence-corrected chi connectivity index (χ2v) is 5.13. The monoisotopic (exact) mass is 214 g/mol. The number of methoxy groups -OCH3 is 1. The van der Waals surface area contributed by atoms with Crippen molar-refractivity contribution in [2.75, 3.05) is 26.7 Å². The number of likely N-dealkylation sites (tertiary alicyclic amines) is 1. The third-order valence-corrected chi connectivity index (χ3v) is 4.02. The molecule has 0 radical (unpaired) electrons. The van der Waals surface area contributed by atoms with Crippen LogP contribution in [0.2, 0.25) is 0 Å². The maximum absolute atomic E-state index is 5.94. The normalized spacial score (nSPS) is 29.8. The van der Waals surface area contributed by atoms with Gasteiger partial charge in [0.1, 0.15) is 0 Å². The number of nitrogens with two attached hydrogens (primary N) is 1. The zero-order chi connectivity index (χ0) is 11.5. The van der Waals surface area contributed by atoms with Crippen molar-refractivity contribution >= 4 is 0 Å². The first-order valence-electron chi connectivity index (χ1n) is 6.02. The predicted octanol–water partition coefficient (Wildman–Crippen LogP) is 1.47. The molecule has 0 spiro atoms. The Balaban J connectivity index is 2.71. The van der Waals surface area contributed by atoms with Crippen LogP contribution in [-0.2, 0) is 4.74 Å². The summed E-state index contributed by atoms with van der Waals surface area (Å²) >= 11 is 0. The van der Waals surface area contributed by atoms with Crippen LogP contribution in [0.1, 0.15) is 33.6 Å². The summed E-state index contributed by atoms with van der Waals surface area (Å²) in [4.78, 5) is 2.51. The van der Waals surface area contributed by atoms with E-state index in [1.54, 1.807) is 7.11 Å². The second kappa shape index (κ2) is 5.28. The van der Waals surface area contributed by atoms with E-state index >= 15 is 0 Å². The largest absolute Gasteiger partial charge is 0.380 e. The van der Waals surface area contributed by atoms with E-state index in [4.69, 9.17) is 10.5 Å². The van der Waals surface area contributed by atoms with Crippen LogP contribution < -0.4 is 5.73 Å². The molecular weight excluding hydrogens is 188 g/mol. The minimum atomic E-state index is -0.0105. The molecule has 0 amide bonds. The highest BCUT2D eigenvalue weighted by Crippen LogP contribution is 2.27. The fourth-order valence-corrected chi connectivity index (χ4v) is 2.46. The Morgan fingerprint density at radius 1 is 1.60 bits per heavy atom. The molecule has 2 N–H and O–H groups in total. The lowest BCUT2D eigenvalue weighted by Gasteiger charge is -2.47. The average Bonchev–Trinajstić information content (AvgIpc) is 2.26. The van der Waals surface area contributed by atoms with E-state index in [0.29, 0.717) is 6.54 Å². The van der Waals surface area contributed by atoms with Gasteiger partial charge in [-0.25, -0.2) is 0 Å². The number of hydrogen-bond donors (Lipinski definition) is 1. The molecule has 3 heteroatoms. The molecule has 3 nitrogen and oxygen atoms in total. The predicted molar refractivity (Wildman–Crippen MR) is 63.9 cm³/mol. The Bertz CT molecular complexity index is 198. The Kier molecular flexibility index (Phi) is 4.56. The van der Waals surface area contributed by atoms with E-state index in [2.05, 4.69) is 25.7 Å². The Morgan fingerprint density at radius 2 is 2.27 bits per heavy atom. The van der Waals surface area contributed by atoms with Crippen LogP contribution in [0.25, 0.3) is 0 Å². The standard InChI is InChI=1S/C12H26N2O/c1-10-6-5-7-14(8-10)12(3,9-13)11(2)15-4/h10-11H,5-9,13H2,1-4H3. The lowest BCUT2D eigenvalue weighted by Crippen LogP contribution is -2.61. The minimum absolute atomic E-state index is 0.0105. The van der Waals surface area contributed by atoms with Crippen LogP contribution >= 0.6 is 0 Å². The average molecular weight is 214 g/mol. The van der Waals surface area contributed by atoms with Crippen LogP contribution in [0.4, 0.5) is 0 Å². The van der Waals surface area contributed by atoms with Crippen molar-refractivity contribution in [1.82, 2.24) is 4.90 Å². The van der Waals surface area contributed by atoms with Crippen molar-refractivity contribution in [1.29, 1.82) is 0 Å². The van der Waals surface area contributed by atoms with Gasteiger partial charge >= 0.3 is 0 Å². The maximum Gasteiger partial charge on any atom is 0.0736 e. The van der Waals surface area contributed by atoms with E-state index in [-0.39, 0.29) is 11.6 Å². The second-order valence-electron chi connectivity index (χ2n) is 5.13. The first kappa shape index (κ1) is 12.9. The molecule has 0 aromatic rings. The smallest absolute Gasteiger partial charge is 0.0736 e. The van der Waals surface area contributed by atoms with E-state index in [1.807, 2.05) is 0 Å². The van der Waals surface area contributed by atoms with Crippen LogP contribution in [0.3, 0.4) is 0 Å². The zero-order valence-electron chi connectivity index (χ0n) is 10.6. The Labute approximate surface area is 94.0 Å². The lowest BCUT2D eigenvalue weighted by molar-refractivity contribution is -0.0462. The highest BCUT2D eigenvalue weighted by atomic mass is 16.5. The van der Waals surface area contributed by atoms with Crippen LogP contribution in [0.15, 0.2) is 0 Å². The summed E-state index contributed by atoms with van der Waals surface area (Å²) < 4.78 is 5.47. The zero-order valence-corrected chi connectivity index (χ0v) is 10.6. The number of piperidine rings is 1. The van der Waals surface area contributed by atoms with Crippen LogP contribution in [-0.4, -0.2) is 43.3 Å². The summed E-state index contributed by atoms with van der Waals surface area (Å²) in [5, 5.41) is 0. The molecule has 15 heavy (non-hydrogen) atoms. The highest BCUT2D eigenvalue weighted by Gasteiger charge is 2.38. The minimum Gasteiger partial charge on any atom is -0.380 e. The number of rotatable bonds is 4. The molecule has 1 heterocycles. The maximum atomic E-state index is 5.94. The van der Waals surface area contributed by atoms with Gasteiger partial charge in [-0.05, 0) is 39.2 Å². The molecule has 3 unspecified atom stereocenters. The van der Waals surface area contributed by atoms with Gasteiger partial charge in [-0.3, -0.25) is 4.90 Å². The fourth-order valence-electron chi connectivity index (χ4n) is 2.46. The third kappa shape index (κ3) is 2.71. The van der Waals surface area contributed by atoms with Gasteiger partial charge in [0.15, 0.2) is 0 Å². The number of ether oxygens (including phenoxy) is 1. The van der Waals surface area contributed by atoms with Crippen molar-refractivity contribution in [3.05, 3.63) is 0 Å². The molecule has 90 valence electrons. The molecule has 1 saturated heterocycles. The first-order valence-corrected chi connectivity index (χ1v) is 6.02.